The molecule has 0 aliphatic heterocycles. The molecule has 1 rings (SSSR count). The molecule has 1 atom stereocenters. The van der Waals surface area contributed by atoms with Crippen LogP contribution >= 0.6 is 11.6 Å². The van der Waals surface area contributed by atoms with E-state index < -0.39 is 0 Å². The molecule has 0 aliphatic carbocycles. The molecular weight excluding hydrogens is 225 g/mol. The van der Waals surface area contributed by atoms with E-state index in [2.05, 4.69) is 18.8 Å². The molecule has 16 heavy (non-hydrogen) atoms. The van der Waals surface area contributed by atoms with E-state index in [1.165, 1.54) is 6.07 Å². The van der Waals surface area contributed by atoms with Crippen molar-refractivity contribution >= 4 is 11.6 Å². The van der Waals surface area contributed by atoms with Gasteiger partial charge in [0.15, 0.2) is 0 Å². The molecule has 0 amide bonds. The van der Waals surface area contributed by atoms with Gasteiger partial charge in [-0.1, -0.05) is 30.7 Å². The van der Waals surface area contributed by atoms with E-state index in [9.17, 15) is 4.39 Å². The smallest absolute Gasteiger partial charge is 0.129 e. The van der Waals surface area contributed by atoms with Gasteiger partial charge in [-0.25, -0.2) is 4.39 Å². The van der Waals surface area contributed by atoms with Gasteiger partial charge in [-0.3, -0.25) is 0 Å². The summed E-state index contributed by atoms with van der Waals surface area (Å²) in [6.07, 6.45) is 3.44. The van der Waals surface area contributed by atoms with Crippen molar-refractivity contribution in [1.82, 2.24) is 5.32 Å². The van der Waals surface area contributed by atoms with Gasteiger partial charge >= 0.3 is 0 Å². The maximum absolute atomic E-state index is 13.7. The highest BCUT2D eigenvalue weighted by Crippen LogP contribution is 2.28. The van der Waals surface area contributed by atoms with E-state index in [0.29, 0.717) is 17.0 Å². The van der Waals surface area contributed by atoms with Crippen LogP contribution in [0.25, 0.3) is 0 Å². The summed E-state index contributed by atoms with van der Waals surface area (Å²) in [6.45, 7) is 6.59. The Morgan fingerprint density at radius 3 is 2.88 bits per heavy atom. The average molecular weight is 242 g/mol. The summed E-state index contributed by atoms with van der Waals surface area (Å²) in [6, 6.07) is 4.67. The highest BCUT2D eigenvalue weighted by atomic mass is 35.5. The van der Waals surface area contributed by atoms with Gasteiger partial charge in [0.05, 0.1) is 0 Å². The molecule has 1 unspecified atom stereocenters. The van der Waals surface area contributed by atoms with Gasteiger partial charge in [-0.15, -0.1) is 6.58 Å². The largest absolute Gasteiger partial charge is 0.310 e. The normalized spacial score (nSPS) is 12.4. The molecule has 0 aromatic heterocycles. The fraction of sp³-hybridized carbons (Fsp3) is 0.385. The van der Waals surface area contributed by atoms with Gasteiger partial charge in [-0.2, -0.15) is 0 Å². The lowest BCUT2D eigenvalue weighted by Gasteiger charge is -2.19. The average Bonchev–Trinajstić information content (AvgIpc) is 2.25. The summed E-state index contributed by atoms with van der Waals surface area (Å²) in [7, 11) is 0. The van der Waals surface area contributed by atoms with Crippen molar-refractivity contribution in [2.45, 2.75) is 25.8 Å². The first-order valence-corrected chi connectivity index (χ1v) is 5.86. The lowest BCUT2D eigenvalue weighted by molar-refractivity contribution is 0.503. The van der Waals surface area contributed by atoms with Gasteiger partial charge in [0.2, 0.25) is 0 Å². The highest BCUT2D eigenvalue weighted by Gasteiger charge is 2.16. The predicted molar refractivity (Wildman–Crippen MR) is 67.3 cm³/mol. The zero-order chi connectivity index (χ0) is 12.0. The number of hydrogen-bond acceptors (Lipinski definition) is 1. The molecule has 0 fully saturated rings. The molecule has 1 N–H and O–H groups in total. The molecule has 1 aromatic carbocycles. The van der Waals surface area contributed by atoms with Gasteiger partial charge in [0, 0.05) is 16.6 Å². The van der Waals surface area contributed by atoms with Crippen LogP contribution in [-0.2, 0) is 0 Å². The molecule has 1 nitrogen and oxygen atoms in total. The van der Waals surface area contributed by atoms with Gasteiger partial charge in [0.1, 0.15) is 5.82 Å². The number of rotatable bonds is 6. The van der Waals surface area contributed by atoms with Crippen LogP contribution in [0.15, 0.2) is 30.9 Å². The molecule has 0 saturated carbocycles. The summed E-state index contributed by atoms with van der Waals surface area (Å²) < 4.78 is 13.7. The maximum Gasteiger partial charge on any atom is 0.129 e. The van der Waals surface area contributed by atoms with Crippen LogP contribution in [0.2, 0.25) is 5.02 Å². The number of benzene rings is 1. The first-order chi connectivity index (χ1) is 7.70. The fourth-order valence-corrected chi connectivity index (χ4v) is 1.93. The van der Waals surface area contributed by atoms with Gasteiger partial charge < -0.3 is 5.32 Å². The molecule has 0 heterocycles. The molecule has 0 radical (unpaired) electrons. The molecule has 0 bridgehead atoms. The second kappa shape index (κ2) is 6.66. The molecular formula is C13H17ClFN. The SMILES string of the molecule is C=CCC(NCCC)c1c(F)cccc1Cl. The van der Waals surface area contributed by atoms with Crippen molar-refractivity contribution in [2.75, 3.05) is 6.54 Å². The van der Waals surface area contributed by atoms with Crippen molar-refractivity contribution in [1.29, 1.82) is 0 Å². The Kier molecular flexibility index (Phi) is 5.50. The van der Waals surface area contributed by atoms with Crippen LogP contribution in [0.5, 0.6) is 0 Å². The Morgan fingerprint density at radius 1 is 1.56 bits per heavy atom. The third-order valence-electron chi connectivity index (χ3n) is 2.39. The van der Waals surface area contributed by atoms with E-state index in [-0.39, 0.29) is 11.9 Å². The lowest BCUT2D eigenvalue weighted by atomic mass is 10.0. The standard InChI is InChI=1S/C13H17ClFN/c1-3-6-12(16-9-4-2)13-10(14)7-5-8-11(13)15/h3,5,7-8,12,16H,1,4,6,9H2,2H3. The van der Waals surface area contributed by atoms with Crippen molar-refractivity contribution in [3.63, 3.8) is 0 Å². The van der Waals surface area contributed by atoms with E-state index in [1.54, 1.807) is 18.2 Å². The molecule has 1 aromatic rings. The van der Waals surface area contributed by atoms with E-state index in [1.807, 2.05) is 0 Å². The monoisotopic (exact) mass is 241 g/mol. The van der Waals surface area contributed by atoms with Gasteiger partial charge in [0.25, 0.3) is 0 Å². The second-order valence-corrected chi connectivity index (χ2v) is 4.07. The lowest BCUT2D eigenvalue weighted by Crippen LogP contribution is -2.23. The molecule has 88 valence electrons. The van der Waals surface area contributed by atoms with Crippen LogP contribution < -0.4 is 5.32 Å². The topological polar surface area (TPSA) is 12.0 Å². The summed E-state index contributed by atoms with van der Waals surface area (Å²) in [5.41, 5.74) is 0.539. The van der Waals surface area contributed by atoms with Crippen LogP contribution in [0, 0.1) is 5.82 Å². The van der Waals surface area contributed by atoms with Crippen LogP contribution in [0.1, 0.15) is 31.4 Å². The zero-order valence-electron chi connectivity index (χ0n) is 9.47. The minimum atomic E-state index is -0.261. The summed E-state index contributed by atoms with van der Waals surface area (Å²) in [4.78, 5) is 0. The Hall–Kier alpha value is -0.860. The zero-order valence-corrected chi connectivity index (χ0v) is 10.2. The Balaban J connectivity index is 2.94. The minimum Gasteiger partial charge on any atom is -0.310 e. The third-order valence-corrected chi connectivity index (χ3v) is 2.72. The number of nitrogens with one attached hydrogen (secondary N) is 1. The highest BCUT2D eigenvalue weighted by molar-refractivity contribution is 6.31. The minimum absolute atomic E-state index is 0.0915. The van der Waals surface area contributed by atoms with Crippen molar-refractivity contribution < 1.29 is 4.39 Å². The first-order valence-electron chi connectivity index (χ1n) is 5.48. The summed E-state index contributed by atoms with van der Waals surface area (Å²) in [5, 5.41) is 3.74. The van der Waals surface area contributed by atoms with Crippen LogP contribution in [0.3, 0.4) is 0 Å². The molecule has 0 aliphatic rings. The van der Waals surface area contributed by atoms with Crippen LogP contribution in [0.4, 0.5) is 4.39 Å². The molecule has 0 spiro atoms. The van der Waals surface area contributed by atoms with Crippen molar-refractivity contribution in [2.24, 2.45) is 0 Å². The third kappa shape index (κ3) is 3.32. The van der Waals surface area contributed by atoms with E-state index >= 15 is 0 Å². The number of halogens is 2. The fourth-order valence-electron chi connectivity index (χ4n) is 1.63. The van der Waals surface area contributed by atoms with E-state index in [4.69, 9.17) is 11.6 Å². The number of hydrogen-bond donors (Lipinski definition) is 1. The molecule has 0 saturated heterocycles. The van der Waals surface area contributed by atoms with Crippen LogP contribution in [-0.4, -0.2) is 6.54 Å². The maximum atomic E-state index is 13.7. The Bertz CT molecular complexity index is 332. The van der Waals surface area contributed by atoms with Crippen molar-refractivity contribution in [3.05, 3.63) is 47.3 Å². The van der Waals surface area contributed by atoms with Gasteiger partial charge in [-0.05, 0) is 31.5 Å². The summed E-state index contributed by atoms with van der Waals surface area (Å²) in [5.74, 6) is -0.261. The first kappa shape index (κ1) is 13.2. The quantitative estimate of drug-likeness (QED) is 0.740. The second-order valence-electron chi connectivity index (χ2n) is 3.67. The Labute approximate surface area is 101 Å². The summed E-state index contributed by atoms with van der Waals surface area (Å²) >= 11 is 6.02. The van der Waals surface area contributed by atoms with Crippen molar-refractivity contribution in [3.8, 4) is 0 Å². The molecule has 3 heteroatoms. The van der Waals surface area contributed by atoms with E-state index in [0.717, 1.165) is 13.0 Å². The Morgan fingerprint density at radius 2 is 2.31 bits per heavy atom. The predicted octanol–water partition coefficient (Wildman–Crippen LogP) is 4.10.